The molecule has 0 bridgehead atoms. The number of alkyl halides is 3. The zero-order chi connectivity index (χ0) is 19.0. The third-order valence-corrected chi connectivity index (χ3v) is 3.16. The number of amides is 1. The van der Waals surface area contributed by atoms with Crippen LogP contribution in [-0.2, 0) is 0 Å². The lowest BCUT2D eigenvalue weighted by Gasteiger charge is -2.09. The number of hydrogen-bond donors (Lipinski definition) is 1. The minimum absolute atomic E-state index is 0.282. The fourth-order valence-electron chi connectivity index (χ4n) is 1.99. The van der Waals surface area contributed by atoms with Crippen molar-refractivity contribution in [3.05, 3.63) is 84.7 Å². The molecular formula is C19H15F3N2O2. The lowest BCUT2D eigenvalue weighted by molar-refractivity contribution is -0.274. The van der Waals surface area contributed by atoms with Crippen LogP contribution in [0.3, 0.4) is 0 Å². The highest BCUT2D eigenvalue weighted by Gasteiger charge is 2.30. The Morgan fingerprint density at radius 1 is 0.846 bits per heavy atom. The third-order valence-electron chi connectivity index (χ3n) is 3.16. The second-order valence-corrected chi connectivity index (χ2v) is 5.04. The number of pyridine rings is 1. The van der Waals surface area contributed by atoms with Crippen LogP contribution in [0, 0.1) is 0 Å². The molecule has 0 spiro atoms. The highest BCUT2D eigenvalue weighted by atomic mass is 19.4. The van der Waals surface area contributed by atoms with Crippen molar-refractivity contribution in [2.45, 2.75) is 6.36 Å². The number of aromatic nitrogens is 1. The molecule has 0 aliphatic rings. The minimum atomic E-state index is -4.70. The molecule has 26 heavy (non-hydrogen) atoms. The van der Waals surface area contributed by atoms with Gasteiger partial charge < -0.3 is 10.5 Å². The summed E-state index contributed by atoms with van der Waals surface area (Å²) in [7, 11) is 0. The summed E-state index contributed by atoms with van der Waals surface area (Å²) in [6.45, 7) is 0. The van der Waals surface area contributed by atoms with Crippen LogP contribution < -0.4 is 10.5 Å². The van der Waals surface area contributed by atoms with Crippen LogP contribution in [0.15, 0.2) is 79.1 Å². The van der Waals surface area contributed by atoms with E-state index in [1.54, 1.807) is 36.7 Å². The number of nitrogens with two attached hydrogens (primary N) is 1. The van der Waals surface area contributed by atoms with Crippen LogP contribution in [-0.4, -0.2) is 17.3 Å². The Labute approximate surface area is 148 Å². The molecule has 134 valence electrons. The fraction of sp³-hybridized carbons (Fsp3) is 0.0526. The average molecular weight is 360 g/mol. The molecule has 0 saturated carbocycles. The molecule has 7 heteroatoms. The minimum Gasteiger partial charge on any atom is -0.406 e. The monoisotopic (exact) mass is 360 g/mol. The van der Waals surface area contributed by atoms with E-state index in [4.69, 9.17) is 5.73 Å². The maximum Gasteiger partial charge on any atom is 0.573 e. The fourth-order valence-corrected chi connectivity index (χ4v) is 1.99. The number of carbonyl (C=O) groups is 1. The lowest BCUT2D eigenvalue weighted by atomic mass is 10.0. The van der Waals surface area contributed by atoms with Gasteiger partial charge in [0.1, 0.15) is 5.75 Å². The molecule has 0 radical (unpaired) electrons. The van der Waals surface area contributed by atoms with Crippen LogP contribution in [0.25, 0.3) is 11.1 Å². The van der Waals surface area contributed by atoms with Gasteiger partial charge in [0, 0.05) is 18.0 Å². The summed E-state index contributed by atoms with van der Waals surface area (Å²) in [6, 6.07) is 17.6. The lowest BCUT2D eigenvalue weighted by Crippen LogP contribution is -2.16. The second kappa shape index (κ2) is 8.66. The predicted octanol–water partition coefficient (Wildman–Crippen LogP) is 4.43. The van der Waals surface area contributed by atoms with Crippen LogP contribution in [0.5, 0.6) is 5.75 Å². The quantitative estimate of drug-likeness (QED) is 0.751. The number of hydrogen-bond acceptors (Lipinski definition) is 3. The predicted molar refractivity (Wildman–Crippen MR) is 91.3 cm³/mol. The van der Waals surface area contributed by atoms with Gasteiger partial charge in [-0.15, -0.1) is 13.2 Å². The van der Waals surface area contributed by atoms with Gasteiger partial charge in [-0.1, -0.05) is 30.3 Å². The number of primary amides is 1. The molecule has 1 amide bonds. The molecule has 0 aliphatic heterocycles. The van der Waals surface area contributed by atoms with Crippen molar-refractivity contribution in [3.8, 4) is 16.9 Å². The number of nitrogens with zero attached hydrogens (tertiary/aromatic N) is 1. The van der Waals surface area contributed by atoms with Crippen LogP contribution >= 0.6 is 0 Å². The zero-order valence-corrected chi connectivity index (χ0v) is 13.5. The van der Waals surface area contributed by atoms with E-state index in [1.807, 2.05) is 18.2 Å². The highest BCUT2D eigenvalue weighted by molar-refractivity contribution is 5.93. The van der Waals surface area contributed by atoms with E-state index in [-0.39, 0.29) is 5.75 Å². The third kappa shape index (κ3) is 6.27. The Bertz CT molecular complexity index is 791. The molecular weight excluding hydrogens is 345 g/mol. The summed E-state index contributed by atoms with van der Waals surface area (Å²) in [6.07, 6.45) is -1.20. The Hall–Kier alpha value is -3.35. The van der Waals surface area contributed by atoms with Gasteiger partial charge in [-0.05, 0) is 47.5 Å². The molecule has 0 unspecified atom stereocenters. The number of benzene rings is 2. The number of rotatable bonds is 3. The molecule has 2 N–H and O–H groups in total. The van der Waals surface area contributed by atoms with Gasteiger partial charge in [-0.3, -0.25) is 9.78 Å². The molecule has 0 fully saturated rings. The van der Waals surface area contributed by atoms with Gasteiger partial charge in [0.25, 0.3) is 0 Å². The first-order valence-corrected chi connectivity index (χ1v) is 7.46. The van der Waals surface area contributed by atoms with Crippen LogP contribution in [0.4, 0.5) is 13.2 Å². The van der Waals surface area contributed by atoms with Gasteiger partial charge in [-0.2, -0.15) is 0 Å². The summed E-state index contributed by atoms with van der Waals surface area (Å²) < 4.78 is 39.8. The Morgan fingerprint density at radius 2 is 1.35 bits per heavy atom. The van der Waals surface area contributed by atoms with E-state index in [2.05, 4.69) is 9.72 Å². The van der Waals surface area contributed by atoms with Crippen molar-refractivity contribution < 1.29 is 22.7 Å². The van der Waals surface area contributed by atoms with E-state index in [1.165, 1.54) is 24.3 Å². The highest BCUT2D eigenvalue weighted by Crippen LogP contribution is 2.26. The number of halogens is 3. The molecule has 3 aromatic rings. The largest absolute Gasteiger partial charge is 0.573 e. The molecule has 0 aliphatic carbocycles. The van der Waals surface area contributed by atoms with Gasteiger partial charge in [0.05, 0.1) is 0 Å². The smallest absolute Gasteiger partial charge is 0.406 e. The normalized spacial score (nSPS) is 10.4. The maximum atomic E-state index is 12.0. The summed E-state index contributed by atoms with van der Waals surface area (Å²) >= 11 is 0. The molecule has 1 aromatic heterocycles. The van der Waals surface area contributed by atoms with E-state index in [0.717, 1.165) is 5.56 Å². The topological polar surface area (TPSA) is 65.2 Å². The Kier molecular flexibility index (Phi) is 6.32. The number of carbonyl (C=O) groups excluding carboxylic acids is 1. The van der Waals surface area contributed by atoms with Crippen molar-refractivity contribution in [3.63, 3.8) is 0 Å². The van der Waals surface area contributed by atoms with E-state index >= 15 is 0 Å². The Balaban J connectivity index is 0.000000342. The zero-order valence-electron chi connectivity index (χ0n) is 13.5. The van der Waals surface area contributed by atoms with Gasteiger partial charge >= 0.3 is 6.36 Å². The molecule has 0 atom stereocenters. The van der Waals surface area contributed by atoms with Crippen LogP contribution in [0.2, 0.25) is 0 Å². The maximum absolute atomic E-state index is 12.0. The van der Waals surface area contributed by atoms with Crippen LogP contribution in [0.1, 0.15) is 10.4 Å². The standard InChI is InChI=1S/C14H10F3NO2.C5H5N/c15-14(16,17)20-12-7-5-10(6-8-12)9-1-3-11(4-2-9)13(18)19;1-2-4-6-5-3-1/h1-8H,(H2,18,19);1-5H. The first kappa shape index (κ1) is 19.0. The molecule has 4 nitrogen and oxygen atoms in total. The Morgan fingerprint density at radius 3 is 1.69 bits per heavy atom. The second-order valence-electron chi connectivity index (χ2n) is 5.04. The van der Waals surface area contributed by atoms with Gasteiger partial charge in [0.15, 0.2) is 0 Å². The summed E-state index contributed by atoms with van der Waals surface area (Å²) in [4.78, 5) is 14.7. The van der Waals surface area contributed by atoms with Crippen molar-refractivity contribution in [1.29, 1.82) is 0 Å². The summed E-state index contributed by atoms with van der Waals surface area (Å²) in [5.41, 5.74) is 6.95. The average Bonchev–Trinajstić information content (AvgIpc) is 2.63. The van der Waals surface area contributed by atoms with E-state index in [9.17, 15) is 18.0 Å². The number of ether oxygens (including phenoxy) is 1. The van der Waals surface area contributed by atoms with Gasteiger partial charge in [-0.25, -0.2) is 0 Å². The molecule has 2 aromatic carbocycles. The van der Waals surface area contributed by atoms with E-state index < -0.39 is 12.3 Å². The molecule has 1 heterocycles. The molecule has 0 saturated heterocycles. The van der Waals surface area contributed by atoms with Gasteiger partial charge in [0.2, 0.25) is 5.91 Å². The summed E-state index contributed by atoms with van der Waals surface area (Å²) in [5, 5.41) is 0. The SMILES string of the molecule is NC(=O)c1ccc(-c2ccc(OC(F)(F)F)cc2)cc1.c1ccncc1. The van der Waals surface area contributed by atoms with Crippen molar-refractivity contribution in [1.82, 2.24) is 4.98 Å². The van der Waals surface area contributed by atoms with E-state index in [0.29, 0.717) is 11.1 Å². The first-order valence-electron chi connectivity index (χ1n) is 7.46. The molecule has 3 rings (SSSR count). The van der Waals surface area contributed by atoms with Crippen molar-refractivity contribution in [2.75, 3.05) is 0 Å². The van der Waals surface area contributed by atoms with Crippen molar-refractivity contribution in [2.24, 2.45) is 5.73 Å². The summed E-state index contributed by atoms with van der Waals surface area (Å²) in [5.74, 6) is -0.819. The van der Waals surface area contributed by atoms with Crippen molar-refractivity contribution >= 4 is 5.91 Å². The first-order chi connectivity index (χ1) is 12.3.